The fourth-order valence-corrected chi connectivity index (χ4v) is 5.49. The van der Waals surface area contributed by atoms with Crippen LogP contribution in [0.4, 0.5) is 5.69 Å². The van der Waals surface area contributed by atoms with Crippen molar-refractivity contribution in [1.82, 2.24) is 4.90 Å². The van der Waals surface area contributed by atoms with E-state index in [1.165, 1.54) is 16.7 Å². The van der Waals surface area contributed by atoms with Gasteiger partial charge in [0.15, 0.2) is 11.8 Å². The third-order valence-corrected chi connectivity index (χ3v) is 7.82. The molecule has 1 aliphatic heterocycles. The number of carbonyl (C=O) groups excluding carboxylic acids is 2. The van der Waals surface area contributed by atoms with Crippen molar-refractivity contribution in [2.75, 3.05) is 11.9 Å². The Bertz CT molecular complexity index is 1750. The number of allylic oxidation sites excluding steroid dienone is 1. The highest BCUT2D eigenvalue weighted by molar-refractivity contribution is 9.10. The Morgan fingerprint density at radius 3 is 2.61 bits per heavy atom. The molecule has 1 aliphatic rings. The zero-order chi connectivity index (χ0) is 30.9. The first-order valence-corrected chi connectivity index (χ1v) is 15.3. The minimum atomic E-state index is -0.296. The van der Waals surface area contributed by atoms with Crippen molar-refractivity contribution in [2.45, 2.75) is 20.4 Å². The molecule has 0 aliphatic carbocycles. The highest BCUT2D eigenvalue weighted by Crippen LogP contribution is 2.36. The summed E-state index contributed by atoms with van der Waals surface area (Å²) < 4.78 is 12.2. The number of rotatable bonds is 10. The number of furan rings is 1. The molecule has 0 spiro atoms. The molecule has 222 valence electrons. The number of halogens is 1. The maximum atomic E-state index is 13.6. The second kappa shape index (κ2) is 14.7. The first-order valence-electron chi connectivity index (χ1n) is 13.7. The first-order chi connectivity index (χ1) is 21.3. The lowest BCUT2D eigenvalue weighted by molar-refractivity contribution is -0.122. The monoisotopic (exact) mass is 668 g/mol. The normalized spacial score (nSPS) is 15.5. The minimum absolute atomic E-state index is 0.199. The summed E-state index contributed by atoms with van der Waals surface area (Å²) in [5.41, 5.74) is 4.38. The molecular weight excluding hydrogens is 640 g/mol. The van der Waals surface area contributed by atoms with Crippen molar-refractivity contribution >= 4 is 68.7 Å². The summed E-state index contributed by atoms with van der Waals surface area (Å²) in [5, 5.41) is 11.9. The fraction of sp³-hybridized carbons (Fsp3) is 0.118. The predicted molar refractivity (Wildman–Crippen MR) is 180 cm³/mol. The molecule has 4 aromatic rings. The third kappa shape index (κ3) is 8.46. The number of nitrogens with one attached hydrogen (secondary N) is 1. The molecule has 0 unspecified atom stereocenters. The van der Waals surface area contributed by atoms with Crippen LogP contribution in [0, 0.1) is 6.92 Å². The van der Waals surface area contributed by atoms with Gasteiger partial charge in [-0.1, -0.05) is 70.0 Å². The summed E-state index contributed by atoms with van der Waals surface area (Å²) in [4.78, 5) is 28.1. The number of hydrogen-bond acceptors (Lipinski definition) is 7. The molecule has 8 nitrogen and oxygen atoms in total. The van der Waals surface area contributed by atoms with Crippen LogP contribution in [0.25, 0.3) is 12.2 Å². The predicted octanol–water partition coefficient (Wildman–Crippen LogP) is 7.93. The molecule has 0 atom stereocenters. The van der Waals surface area contributed by atoms with Crippen molar-refractivity contribution in [3.05, 3.63) is 129 Å². The summed E-state index contributed by atoms with van der Waals surface area (Å²) in [7, 11) is 0. The Morgan fingerprint density at radius 1 is 1.07 bits per heavy atom. The van der Waals surface area contributed by atoms with Crippen LogP contribution in [0.2, 0.25) is 0 Å². The van der Waals surface area contributed by atoms with E-state index >= 15 is 0 Å². The number of thioether (sulfide) groups is 1. The van der Waals surface area contributed by atoms with Crippen molar-refractivity contribution in [1.29, 1.82) is 0 Å². The average molecular weight is 670 g/mol. The van der Waals surface area contributed by atoms with Crippen LogP contribution in [0.5, 0.6) is 5.75 Å². The number of carbonyl (C=O) groups is 2. The van der Waals surface area contributed by atoms with E-state index in [4.69, 9.17) is 9.15 Å². The molecule has 1 aromatic heterocycles. The Labute approximate surface area is 268 Å². The lowest BCUT2D eigenvalue weighted by Gasteiger charge is -2.13. The van der Waals surface area contributed by atoms with E-state index in [2.05, 4.69) is 31.4 Å². The fourth-order valence-electron chi connectivity index (χ4n) is 4.18. The molecule has 0 saturated carbocycles. The molecule has 0 radical (unpaired) electrons. The van der Waals surface area contributed by atoms with E-state index in [-0.39, 0.29) is 25.0 Å². The standard InChI is InChI=1S/C34H29BrN4O4S/c1-23-10-13-28(14-11-23)37-32(40)22-43-30-15-12-27(35)18-26(30)19-31-33(41)39(21-29-9-6-16-42-29)34(44-31)38-36-20-24(2)17-25-7-4-3-5-8-25/h3-20H,21-22H2,1-2H3,(H,37,40)/b24-17+,31-19-,36-20-,38-34+. The van der Waals surface area contributed by atoms with E-state index in [1.807, 2.05) is 86.7 Å². The van der Waals surface area contributed by atoms with E-state index in [0.717, 1.165) is 21.2 Å². The molecule has 1 fully saturated rings. The number of amides is 2. The Morgan fingerprint density at radius 2 is 1.86 bits per heavy atom. The maximum Gasteiger partial charge on any atom is 0.267 e. The largest absolute Gasteiger partial charge is 0.483 e. The lowest BCUT2D eigenvalue weighted by Crippen LogP contribution is -2.28. The van der Waals surface area contributed by atoms with Gasteiger partial charge in [-0.15, -0.1) is 5.10 Å². The SMILES string of the molecule is CC(/C=N\N=C1\S/C(=C\c2cc(Br)ccc2OCC(=O)Nc2ccc(C)cc2)C(=O)N1Cc1ccco1)=C\c1ccccc1. The van der Waals surface area contributed by atoms with Gasteiger partial charge in [0.05, 0.1) is 23.9 Å². The van der Waals surface area contributed by atoms with Crippen molar-refractivity contribution < 1.29 is 18.7 Å². The zero-order valence-corrected chi connectivity index (χ0v) is 26.5. The number of amidine groups is 1. The number of aryl methyl sites for hydroxylation is 1. The topological polar surface area (TPSA) is 96.5 Å². The zero-order valence-electron chi connectivity index (χ0n) is 24.1. The molecule has 10 heteroatoms. The van der Waals surface area contributed by atoms with Gasteiger partial charge in [-0.25, -0.2) is 0 Å². The van der Waals surface area contributed by atoms with Gasteiger partial charge < -0.3 is 14.5 Å². The summed E-state index contributed by atoms with van der Waals surface area (Å²) in [6.07, 6.45) is 6.94. The molecule has 2 amide bonds. The quantitative estimate of drug-likeness (QED) is 0.105. The summed E-state index contributed by atoms with van der Waals surface area (Å²) in [6, 6.07) is 26.4. The van der Waals surface area contributed by atoms with Gasteiger partial charge in [0.25, 0.3) is 11.8 Å². The van der Waals surface area contributed by atoms with Crippen LogP contribution in [-0.2, 0) is 16.1 Å². The van der Waals surface area contributed by atoms with Crippen LogP contribution in [0.3, 0.4) is 0 Å². The number of nitrogens with zero attached hydrogens (tertiary/aromatic N) is 3. The summed E-state index contributed by atoms with van der Waals surface area (Å²) >= 11 is 4.70. The summed E-state index contributed by atoms with van der Waals surface area (Å²) in [5.74, 6) is 0.522. The van der Waals surface area contributed by atoms with Gasteiger partial charge in [0, 0.05) is 15.7 Å². The van der Waals surface area contributed by atoms with Crippen molar-refractivity contribution in [3.8, 4) is 5.75 Å². The van der Waals surface area contributed by atoms with Crippen molar-refractivity contribution in [2.24, 2.45) is 10.2 Å². The van der Waals surface area contributed by atoms with Gasteiger partial charge in [-0.05, 0) is 85.3 Å². The number of hydrogen-bond donors (Lipinski definition) is 1. The van der Waals surface area contributed by atoms with Crippen LogP contribution >= 0.6 is 27.7 Å². The third-order valence-electron chi connectivity index (χ3n) is 6.33. The number of anilines is 1. The highest BCUT2D eigenvalue weighted by atomic mass is 79.9. The van der Waals surface area contributed by atoms with E-state index < -0.39 is 0 Å². The first kappa shape index (κ1) is 30.8. The van der Waals surface area contributed by atoms with Gasteiger partial charge in [0.1, 0.15) is 11.5 Å². The second-order valence-corrected chi connectivity index (χ2v) is 11.8. The molecular formula is C34H29BrN4O4S. The molecule has 1 N–H and O–H groups in total. The van der Waals surface area contributed by atoms with E-state index in [9.17, 15) is 9.59 Å². The highest BCUT2D eigenvalue weighted by Gasteiger charge is 2.34. The molecule has 44 heavy (non-hydrogen) atoms. The Hall–Kier alpha value is -4.67. The Balaban J connectivity index is 1.35. The number of ether oxygens (including phenoxy) is 1. The smallest absolute Gasteiger partial charge is 0.267 e. The molecule has 2 heterocycles. The van der Waals surface area contributed by atoms with E-state index in [0.29, 0.717) is 32.8 Å². The van der Waals surface area contributed by atoms with Gasteiger partial charge in [0.2, 0.25) is 0 Å². The molecule has 3 aromatic carbocycles. The Kier molecular flexibility index (Phi) is 10.3. The van der Waals surface area contributed by atoms with Crippen LogP contribution in [0.15, 0.2) is 121 Å². The maximum absolute atomic E-state index is 13.6. The molecule has 5 rings (SSSR count). The van der Waals surface area contributed by atoms with Crippen LogP contribution in [-0.4, -0.2) is 34.7 Å². The minimum Gasteiger partial charge on any atom is -0.483 e. The van der Waals surface area contributed by atoms with Gasteiger partial charge in [-0.3, -0.25) is 14.5 Å². The summed E-state index contributed by atoms with van der Waals surface area (Å²) in [6.45, 7) is 3.92. The molecule has 0 bridgehead atoms. The second-order valence-electron chi connectivity index (χ2n) is 9.89. The van der Waals surface area contributed by atoms with E-state index in [1.54, 1.807) is 36.8 Å². The van der Waals surface area contributed by atoms with Crippen molar-refractivity contribution in [3.63, 3.8) is 0 Å². The number of benzene rings is 3. The van der Waals surface area contributed by atoms with Gasteiger partial charge in [-0.2, -0.15) is 5.10 Å². The van der Waals surface area contributed by atoms with Crippen LogP contribution < -0.4 is 10.1 Å². The van der Waals surface area contributed by atoms with Gasteiger partial charge >= 0.3 is 0 Å². The average Bonchev–Trinajstić information content (AvgIpc) is 3.63. The molecule has 1 saturated heterocycles. The van der Waals surface area contributed by atoms with Crippen LogP contribution in [0.1, 0.15) is 29.4 Å². The lowest BCUT2D eigenvalue weighted by atomic mass is 10.1.